The highest BCUT2D eigenvalue weighted by Gasteiger charge is 2.31. The lowest BCUT2D eigenvalue weighted by Crippen LogP contribution is -2.24. The van der Waals surface area contributed by atoms with Gasteiger partial charge in [0.25, 0.3) is 0 Å². The number of nitrogens with two attached hydrogens (primary N) is 1. The quantitative estimate of drug-likeness (QED) is 0.746. The molecule has 0 spiro atoms. The maximum atomic E-state index is 5.90. The normalized spacial score (nSPS) is 18.1. The van der Waals surface area contributed by atoms with Gasteiger partial charge in [-0.3, -0.25) is 0 Å². The highest BCUT2D eigenvalue weighted by atomic mass is 16.5. The molecule has 3 nitrogen and oxygen atoms in total. The largest absolute Gasteiger partial charge is 0.423 e. The van der Waals surface area contributed by atoms with Gasteiger partial charge in [0.15, 0.2) is 0 Å². The second kappa shape index (κ2) is 6.04. The molecule has 88 valence electrons. The van der Waals surface area contributed by atoms with Gasteiger partial charge < -0.3 is 15.3 Å². The van der Waals surface area contributed by atoms with Crippen LogP contribution < -0.4 is 11.2 Å². The van der Waals surface area contributed by atoms with E-state index < -0.39 is 0 Å². The first-order valence-corrected chi connectivity index (χ1v) is 5.65. The van der Waals surface area contributed by atoms with Crippen molar-refractivity contribution in [1.29, 1.82) is 0 Å². The van der Waals surface area contributed by atoms with E-state index in [9.17, 15) is 0 Å². The van der Waals surface area contributed by atoms with E-state index in [0.717, 1.165) is 6.54 Å². The van der Waals surface area contributed by atoms with Crippen molar-refractivity contribution in [3.63, 3.8) is 0 Å². The Bertz CT molecular complexity index is 329. The summed E-state index contributed by atoms with van der Waals surface area (Å²) in [6.45, 7) is 3.33. The van der Waals surface area contributed by atoms with Crippen LogP contribution in [0.3, 0.4) is 0 Å². The average molecular weight is 220 g/mol. The van der Waals surface area contributed by atoms with Gasteiger partial charge in [0, 0.05) is 6.54 Å². The van der Waals surface area contributed by atoms with Crippen molar-refractivity contribution >= 4 is 12.4 Å². The second-order valence-corrected chi connectivity index (χ2v) is 4.16. The number of likely N-dealkylation sites (N-methyl/N-ethyl adjacent to an activating group) is 1. The molecule has 4 heteroatoms. The van der Waals surface area contributed by atoms with Crippen molar-refractivity contribution in [1.82, 2.24) is 4.90 Å². The zero-order chi connectivity index (χ0) is 12.1. The molecule has 0 radical (unpaired) electrons. The van der Waals surface area contributed by atoms with Gasteiger partial charge in [0.1, 0.15) is 0 Å². The van der Waals surface area contributed by atoms with E-state index in [4.69, 9.17) is 4.65 Å². The SMILES string of the molecule is CB1OC(CN(C)C)c2ccccc21.CN. The van der Waals surface area contributed by atoms with Crippen LogP contribution in [0.15, 0.2) is 24.3 Å². The lowest BCUT2D eigenvalue weighted by atomic mass is 9.64. The van der Waals surface area contributed by atoms with Gasteiger partial charge in [-0.15, -0.1) is 0 Å². The lowest BCUT2D eigenvalue weighted by molar-refractivity contribution is 0.176. The minimum atomic E-state index is 0.246. The van der Waals surface area contributed by atoms with Gasteiger partial charge in [-0.05, 0) is 32.2 Å². The molecule has 0 saturated heterocycles. The maximum absolute atomic E-state index is 5.90. The summed E-state index contributed by atoms with van der Waals surface area (Å²) in [7, 11) is 5.66. The first kappa shape index (κ1) is 13.2. The minimum Gasteiger partial charge on any atom is -0.423 e. The molecule has 1 aromatic rings. The molecule has 1 aliphatic heterocycles. The molecule has 16 heavy (non-hydrogen) atoms. The molecular formula is C12H21BN2O. The fraction of sp³-hybridized carbons (Fsp3) is 0.500. The monoisotopic (exact) mass is 220 g/mol. The van der Waals surface area contributed by atoms with Crippen molar-refractivity contribution in [3.8, 4) is 0 Å². The summed E-state index contributed by atoms with van der Waals surface area (Å²) in [6, 6.07) is 8.50. The minimum absolute atomic E-state index is 0.246. The summed E-state index contributed by atoms with van der Waals surface area (Å²) in [6.07, 6.45) is 0.246. The van der Waals surface area contributed by atoms with E-state index >= 15 is 0 Å². The maximum Gasteiger partial charge on any atom is 0.324 e. The molecule has 2 N–H and O–H groups in total. The van der Waals surface area contributed by atoms with Crippen molar-refractivity contribution in [2.45, 2.75) is 12.9 Å². The zero-order valence-electron chi connectivity index (χ0n) is 10.6. The third-order valence-corrected chi connectivity index (χ3v) is 2.68. The third-order valence-electron chi connectivity index (χ3n) is 2.68. The summed E-state index contributed by atoms with van der Waals surface area (Å²) in [5.41, 5.74) is 7.20. The van der Waals surface area contributed by atoms with E-state index in [1.165, 1.54) is 18.1 Å². The van der Waals surface area contributed by atoms with Crippen LogP contribution in [0, 0.1) is 0 Å². The first-order valence-electron chi connectivity index (χ1n) is 5.65. The van der Waals surface area contributed by atoms with E-state index in [0.29, 0.717) is 0 Å². The summed E-state index contributed by atoms with van der Waals surface area (Å²) in [5.74, 6) is 0. The van der Waals surface area contributed by atoms with Gasteiger partial charge in [-0.1, -0.05) is 31.1 Å². The molecule has 0 amide bonds. The number of nitrogens with zero attached hydrogens (tertiary/aromatic N) is 1. The van der Waals surface area contributed by atoms with Crippen molar-refractivity contribution in [2.75, 3.05) is 27.7 Å². The van der Waals surface area contributed by atoms with Crippen LogP contribution in [0.2, 0.25) is 6.82 Å². The Morgan fingerprint density at radius 3 is 2.56 bits per heavy atom. The molecule has 0 aromatic heterocycles. The molecule has 0 bridgehead atoms. The smallest absolute Gasteiger partial charge is 0.324 e. The zero-order valence-corrected chi connectivity index (χ0v) is 10.6. The van der Waals surface area contributed by atoms with E-state index in [1.807, 2.05) is 0 Å². The fourth-order valence-electron chi connectivity index (χ4n) is 2.04. The number of benzene rings is 1. The van der Waals surface area contributed by atoms with Crippen LogP contribution in [0.4, 0.5) is 0 Å². The van der Waals surface area contributed by atoms with Crippen LogP contribution in [-0.4, -0.2) is 39.5 Å². The second-order valence-electron chi connectivity index (χ2n) is 4.16. The van der Waals surface area contributed by atoms with E-state index in [-0.39, 0.29) is 13.0 Å². The fourth-order valence-corrected chi connectivity index (χ4v) is 2.04. The Balaban J connectivity index is 0.000000606. The van der Waals surface area contributed by atoms with E-state index in [2.05, 4.69) is 55.8 Å². The Morgan fingerprint density at radius 2 is 1.94 bits per heavy atom. The van der Waals surface area contributed by atoms with Crippen LogP contribution in [-0.2, 0) is 4.65 Å². The Kier molecular flexibility index (Phi) is 4.99. The Labute approximate surface area is 98.7 Å². The van der Waals surface area contributed by atoms with Crippen LogP contribution >= 0.6 is 0 Å². The highest BCUT2D eigenvalue weighted by Crippen LogP contribution is 2.24. The highest BCUT2D eigenvalue weighted by molar-refractivity contribution is 6.67. The summed E-state index contributed by atoms with van der Waals surface area (Å²) in [4.78, 5) is 2.17. The molecule has 1 aliphatic rings. The number of hydrogen-bond donors (Lipinski definition) is 1. The van der Waals surface area contributed by atoms with Gasteiger partial charge in [-0.25, -0.2) is 0 Å². The van der Waals surface area contributed by atoms with E-state index in [1.54, 1.807) is 0 Å². The van der Waals surface area contributed by atoms with Crippen LogP contribution in [0.1, 0.15) is 11.7 Å². The summed E-state index contributed by atoms with van der Waals surface area (Å²) < 4.78 is 5.90. The number of fused-ring (bicyclic) bond motifs is 1. The first-order chi connectivity index (χ1) is 7.68. The molecule has 1 heterocycles. The Morgan fingerprint density at radius 1 is 1.31 bits per heavy atom. The molecule has 1 aromatic carbocycles. The molecule has 1 unspecified atom stereocenters. The van der Waals surface area contributed by atoms with Gasteiger partial charge in [-0.2, -0.15) is 0 Å². The standard InChI is InChI=1S/C11H16BNO.CH5N/c1-12-10-7-5-4-6-9(10)11(14-12)8-13(2)3;1-2/h4-7,11H,8H2,1-3H3;2H2,1H3. The molecule has 0 fully saturated rings. The number of hydrogen-bond acceptors (Lipinski definition) is 3. The molecule has 0 saturated carbocycles. The molecule has 1 atom stereocenters. The van der Waals surface area contributed by atoms with Crippen molar-refractivity contribution in [2.24, 2.45) is 5.73 Å². The van der Waals surface area contributed by atoms with Crippen LogP contribution in [0.5, 0.6) is 0 Å². The number of rotatable bonds is 2. The summed E-state index contributed by atoms with van der Waals surface area (Å²) >= 11 is 0. The molecule has 0 aliphatic carbocycles. The van der Waals surface area contributed by atoms with Crippen molar-refractivity contribution < 1.29 is 4.65 Å². The van der Waals surface area contributed by atoms with Gasteiger partial charge >= 0.3 is 6.92 Å². The topological polar surface area (TPSA) is 38.5 Å². The Hall–Kier alpha value is -0.835. The molecule has 2 rings (SSSR count). The predicted octanol–water partition coefficient (Wildman–Crippen LogP) is 0.723. The summed E-state index contributed by atoms with van der Waals surface area (Å²) in [5, 5.41) is 0. The predicted molar refractivity (Wildman–Crippen MR) is 70.2 cm³/mol. The van der Waals surface area contributed by atoms with Gasteiger partial charge in [0.05, 0.1) is 6.10 Å². The average Bonchev–Trinajstić information content (AvgIpc) is 2.59. The lowest BCUT2D eigenvalue weighted by Gasteiger charge is -2.17. The van der Waals surface area contributed by atoms with Crippen molar-refractivity contribution in [3.05, 3.63) is 29.8 Å². The molecular weight excluding hydrogens is 199 g/mol. The van der Waals surface area contributed by atoms with Gasteiger partial charge in [0.2, 0.25) is 0 Å². The third kappa shape index (κ3) is 2.85. The van der Waals surface area contributed by atoms with Crippen LogP contribution in [0.25, 0.3) is 0 Å².